The van der Waals surface area contributed by atoms with Crippen LogP contribution in [-0.4, -0.2) is 0 Å². The average molecular weight is 445 g/mol. The maximum atomic E-state index is 6.00. The lowest BCUT2D eigenvalue weighted by Crippen LogP contribution is -1.73. The lowest BCUT2D eigenvalue weighted by atomic mass is 10.4. The molecule has 2 aromatic carbocycles. The van der Waals surface area contributed by atoms with Crippen molar-refractivity contribution in [2.45, 2.75) is 9.79 Å². The largest absolute Gasteiger partial charge is 0.0843 e. The highest BCUT2D eigenvalue weighted by Gasteiger charge is 2.03. The van der Waals surface area contributed by atoms with Gasteiger partial charge in [-0.1, -0.05) is 76.6 Å². The van der Waals surface area contributed by atoms with E-state index in [1.807, 2.05) is 36.4 Å². The fraction of sp³-hybridized carbons (Fsp3) is 0. The zero-order valence-electron chi connectivity index (χ0n) is 8.79. The van der Waals surface area contributed by atoms with E-state index in [0.717, 1.165) is 28.8 Å². The summed E-state index contributed by atoms with van der Waals surface area (Å²) in [6.07, 6.45) is 0. The molecule has 0 radical (unpaired) electrons. The Labute approximate surface area is 140 Å². The molecule has 0 bridgehead atoms. The number of halogens is 4. The van der Waals surface area contributed by atoms with E-state index in [0.29, 0.717) is 0 Å². The van der Waals surface area contributed by atoms with E-state index in [4.69, 9.17) is 23.2 Å². The maximum absolute atomic E-state index is 6.00. The Kier molecular flexibility index (Phi) is 5.79. The van der Waals surface area contributed by atoms with Crippen molar-refractivity contribution in [3.05, 3.63) is 55.4 Å². The molecule has 0 saturated heterocycles. The Balaban J connectivity index is 2.11. The summed E-state index contributed by atoms with van der Waals surface area (Å²) in [7, 11) is 3.28. The molecule has 2 rings (SSSR count). The first kappa shape index (κ1) is 15.1. The van der Waals surface area contributed by atoms with Crippen LogP contribution < -0.4 is 0 Å². The van der Waals surface area contributed by atoms with Crippen LogP contribution in [0.5, 0.6) is 0 Å². The first-order valence-electron chi connectivity index (χ1n) is 4.79. The molecule has 0 aliphatic heterocycles. The van der Waals surface area contributed by atoms with Crippen molar-refractivity contribution in [3.63, 3.8) is 0 Å². The lowest BCUT2D eigenvalue weighted by molar-refractivity contribution is 1.44. The number of hydrogen-bond donors (Lipinski definition) is 0. The van der Waals surface area contributed by atoms with Gasteiger partial charge < -0.3 is 0 Å². The molecule has 0 N–H and O–H groups in total. The highest BCUT2D eigenvalue weighted by Crippen LogP contribution is 2.40. The molecule has 0 aromatic heterocycles. The van der Waals surface area contributed by atoms with Crippen molar-refractivity contribution in [1.29, 1.82) is 0 Å². The maximum Gasteiger partial charge on any atom is 0.0428 e. The van der Waals surface area contributed by atoms with Gasteiger partial charge in [-0.25, -0.2) is 0 Å². The van der Waals surface area contributed by atoms with Crippen molar-refractivity contribution in [2.75, 3.05) is 0 Å². The van der Waals surface area contributed by atoms with Gasteiger partial charge in [0.05, 0.1) is 0 Å². The number of hydrogen-bond acceptors (Lipinski definition) is 2. The van der Waals surface area contributed by atoms with Gasteiger partial charge in [0.25, 0.3) is 0 Å². The van der Waals surface area contributed by atoms with Crippen LogP contribution in [0, 0.1) is 0 Å². The van der Waals surface area contributed by atoms with Crippen molar-refractivity contribution in [1.82, 2.24) is 0 Å². The van der Waals surface area contributed by atoms with Crippen molar-refractivity contribution in [2.24, 2.45) is 0 Å². The topological polar surface area (TPSA) is 0 Å². The summed E-state index contributed by atoms with van der Waals surface area (Å²) in [5.41, 5.74) is 0. The van der Waals surface area contributed by atoms with Gasteiger partial charge in [-0.2, -0.15) is 0 Å². The Bertz CT molecular complexity index is 484. The SMILES string of the molecule is Clc1cc(Br)cc(SSc2cc(Cl)cc(Br)c2)c1. The van der Waals surface area contributed by atoms with Crippen LogP contribution in [0.2, 0.25) is 10.0 Å². The molecule has 6 heteroatoms. The molecule has 0 unspecified atom stereocenters. The zero-order valence-corrected chi connectivity index (χ0v) is 15.1. The molecule has 2 aromatic rings. The molecule has 0 saturated carbocycles. The normalized spacial score (nSPS) is 10.7. The predicted molar refractivity (Wildman–Crippen MR) is 90.0 cm³/mol. The van der Waals surface area contributed by atoms with Crippen LogP contribution in [0.15, 0.2) is 55.1 Å². The van der Waals surface area contributed by atoms with Crippen LogP contribution in [0.4, 0.5) is 0 Å². The summed E-state index contributed by atoms with van der Waals surface area (Å²) in [6.45, 7) is 0. The number of rotatable bonds is 3. The summed E-state index contributed by atoms with van der Waals surface area (Å²) in [4.78, 5) is 2.19. The second-order valence-electron chi connectivity index (χ2n) is 3.38. The summed E-state index contributed by atoms with van der Waals surface area (Å²) < 4.78 is 1.95. The molecule has 0 aliphatic rings. The minimum absolute atomic E-state index is 0.722. The highest BCUT2D eigenvalue weighted by molar-refractivity contribution is 9.10. The van der Waals surface area contributed by atoms with E-state index in [1.54, 1.807) is 21.6 Å². The van der Waals surface area contributed by atoms with Gasteiger partial charge in [0.2, 0.25) is 0 Å². The first-order valence-corrected chi connectivity index (χ1v) is 9.29. The molecule has 0 fully saturated rings. The van der Waals surface area contributed by atoms with Crippen LogP contribution in [0.25, 0.3) is 0 Å². The van der Waals surface area contributed by atoms with Crippen molar-refractivity contribution in [3.8, 4) is 0 Å². The van der Waals surface area contributed by atoms with E-state index in [1.165, 1.54) is 0 Å². The van der Waals surface area contributed by atoms with Gasteiger partial charge in [-0.05, 0) is 36.4 Å². The van der Waals surface area contributed by atoms with Crippen molar-refractivity contribution >= 4 is 76.6 Å². The summed E-state index contributed by atoms with van der Waals surface area (Å²) in [6, 6.07) is 11.7. The predicted octanol–water partition coefficient (Wildman–Crippen LogP) is 7.32. The molecule has 0 atom stereocenters. The molecule has 94 valence electrons. The fourth-order valence-corrected chi connectivity index (χ4v) is 5.45. The minimum atomic E-state index is 0.722. The van der Waals surface area contributed by atoms with Gasteiger partial charge in [0.1, 0.15) is 0 Å². The van der Waals surface area contributed by atoms with E-state index >= 15 is 0 Å². The Hall–Kier alpha value is 0.680. The van der Waals surface area contributed by atoms with E-state index in [2.05, 4.69) is 31.9 Å². The van der Waals surface area contributed by atoms with Gasteiger partial charge in [0, 0.05) is 28.8 Å². The average Bonchev–Trinajstić information content (AvgIpc) is 2.23. The molecule has 0 heterocycles. The molecule has 0 nitrogen and oxygen atoms in total. The summed E-state index contributed by atoms with van der Waals surface area (Å²) in [5, 5.41) is 1.44. The van der Waals surface area contributed by atoms with Crippen LogP contribution >= 0.6 is 76.6 Å². The molecule has 0 spiro atoms. The third-order valence-corrected chi connectivity index (χ3v) is 5.60. The Morgan fingerprint density at radius 1 is 0.667 bits per heavy atom. The first-order chi connectivity index (χ1) is 8.52. The van der Waals surface area contributed by atoms with E-state index < -0.39 is 0 Å². The second-order valence-corrected chi connectivity index (χ2v) is 8.36. The lowest BCUT2D eigenvalue weighted by Gasteiger charge is -2.04. The molecular formula is C12H6Br2Cl2S2. The third-order valence-electron chi connectivity index (χ3n) is 1.91. The summed E-state index contributed by atoms with van der Waals surface area (Å²) in [5.74, 6) is 0. The van der Waals surface area contributed by atoms with Gasteiger partial charge in [0.15, 0.2) is 0 Å². The molecule has 0 amide bonds. The van der Waals surface area contributed by atoms with Crippen LogP contribution in [0.1, 0.15) is 0 Å². The molecule has 0 aliphatic carbocycles. The zero-order chi connectivity index (χ0) is 13.1. The number of benzene rings is 2. The Morgan fingerprint density at radius 2 is 1.06 bits per heavy atom. The fourth-order valence-electron chi connectivity index (χ4n) is 1.25. The highest BCUT2D eigenvalue weighted by atomic mass is 79.9. The second kappa shape index (κ2) is 6.91. The van der Waals surface area contributed by atoms with Gasteiger partial charge >= 0.3 is 0 Å². The van der Waals surface area contributed by atoms with Gasteiger partial charge in [-0.15, -0.1) is 0 Å². The molecular weight excluding hydrogens is 439 g/mol. The van der Waals surface area contributed by atoms with E-state index in [9.17, 15) is 0 Å². The molecule has 18 heavy (non-hydrogen) atoms. The van der Waals surface area contributed by atoms with Crippen LogP contribution in [-0.2, 0) is 0 Å². The smallest absolute Gasteiger partial charge is 0.0428 e. The minimum Gasteiger partial charge on any atom is -0.0843 e. The summed E-state index contributed by atoms with van der Waals surface area (Å²) >= 11 is 18.9. The quantitative estimate of drug-likeness (QED) is 0.455. The van der Waals surface area contributed by atoms with Crippen molar-refractivity contribution < 1.29 is 0 Å². The Morgan fingerprint density at radius 3 is 1.39 bits per heavy atom. The standard InChI is InChI=1S/C12H6Br2Cl2S2/c13-7-1-9(15)5-11(3-7)17-18-12-4-8(14)2-10(16)6-12/h1-6H. The third kappa shape index (κ3) is 4.66. The van der Waals surface area contributed by atoms with Gasteiger partial charge in [-0.3, -0.25) is 0 Å². The van der Waals surface area contributed by atoms with E-state index in [-0.39, 0.29) is 0 Å². The monoisotopic (exact) mass is 442 g/mol. The van der Waals surface area contributed by atoms with Crippen LogP contribution in [0.3, 0.4) is 0 Å².